The molecule has 4 nitrogen and oxygen atoms in total. The lowest BCUT2D eigenvalue weighted by molar-refractivity contribution is 0.115. The number of ether oxygens (including phenoxy) is 1. The number of alkyl carbamates (subject to hydrolysis) is 1. The molecule has 2 aromatic carbocycles. The highest BCUT2D eigenvalue weighted by atomic mass is 16.6. The summed E-state index contributed by atoms with van der Waals surface area (Å²) < 4.78 is 5.74. The highest BCUT2D eigenvalue weighted by molar-refractivity contribution is 5.68. The van der Waals surface area contributed by atoms with Crippen LogP contribution in [0, 0.1) is 0 Å². The van der Waals surface area contributed by atoms with Gasteiger partial charge in [0.15, 0.2) is 6.10 Å². The fourth-order valence-corrected chi connectivity index (χ4v) is 3.23. The summed E-state index contributed by atoms with van der Waals surface area (Å²) in [4.78, 5) is 14.7. The van der Waals surface area contributed by atoms with E-state index >= 15 is 0 Å². The predicted molar refractivity (Wildman–Crippen MR) is 99.5 cm³/mol. The molecule has 4 heteroatoms. The van der Waals surface area contributed by atoms with Gasteiger partial charge < -0.3 is 15.0 Å². The minimum Gasteiger partial charge on any atom is -0.436 e. The van der Waals surface area contributed by atoms with E-state index in [0.29, 0.717) is 6.54 Å². The van der Waals surface area contributed by atoms with Crippen molar-refractivity contribution in [3.8, 4) is 0 Å². The molecule has 1 saturated heterocycles. The van der Waals surface area contributed by atoms with Gasteiger partial charge in [-0.25, -0.2) is 4.79 Å². The first kappa shape index (κ1) is 17.5. The average molecular weight is 338 g/mol. The van der Waals surface area contributed by atoms with Crippen molar-refractivity contribution >= 4 is 6.09 Å². The number of rotatable bonds is 6. The Labute approximate surface area is 149 Å². The molecular formula is C21H26N2O2. The third kappa shape index (κ3) is 5.33. The topological polar surface area (TPSA) is 41.6 Å². The number of benzene rings is 2. The number of hydrogen-bond acceptors (Lipinski definition) is 3. The fraction of sp³-hybridized carbons (Fsp3) is 0.381. The van der Waals surface area contributed by atoms with Gasteiger partial charge in [-0.05, 0) is 37.1 Å². The number of carbonyl (C=O) groups excluding carboxylic acids is 1. The van der Waals surface area contributed by atoms with E-state index in [-0.39, 0.29) is 6.09 Å². The third-order valence-corrected chi connectivity index (χ3v) is 4.58. The van der Waals surface area contributed by atoms with E-state index in [1.54, 1.807) is 0 Å². The lowest BCUT2D eigenvalue weighted by atomic mass is 10.0. The van der Waals surface area contributed by atoms with Crippen molar-refractivity contribution in [1.82, 2.24) is 10.2 Å². The molecule has 0 aliphatic carbocycles. The molecule has 132 valence electrons. The summed E-state index contributed by atoms with van der Waals surface area (Å²) in [6, 6.07) is 19.7. The Morgan fingerprint density at radius 1 is 0.920 bits per heavy atom. The number of likely N-dealkylation sites (tertiary alicyclic amines) is 1. The Morgan fingerprint density at radius 2 is 1.48 bits per heavy atom. The molecule has 0 saturated carbocycles. The maximum atomic E-state index is 12.3. The Kier molecular flexibility index (Phi) is 6.46. The smallest absolute Gasteiger partial charge is 0.408 e. The van der Waals surface area contributed by atoms with Crippen LogP contribution in [0.5, 0.6) is 0 Å². The van der Waals surface area contributed by atoms with Crippen LogP contribution in [0.15, 0.2) is 60.7 Å². The van der Waals surface area contributed by atoms with Crippen LogP contribution in [0.4, 0.5) is 4.79 Å². The van der Waals surface area contributed by atoms with E-state index in [9.17, 15) is 4.79 Å². The number of piperidine rings is 1. The van der Waals surface area contributed by atoms with Gasteiger partial charge in [0.2, 0.25) is 0 Å². The number of nitrogens with one attached hydrogen (secondary N) is 1. The van der Waals surface area contributed by atoms with Crippen LogP contribution >= 0.6 is 0 Å². The zero-order valence-corrected chi connectivity index (χ0v) is 14.6. The van der Waals surface area contributed by atoms with E-state index < -0.39 is 6.10 Å². The zero-order valence-electron chi connectivity index (χ0n) is 14.6. The molecule has 0 radical (unpaired) electrons. The van der Waals surface area contributed by atoms with Crippen molar-refractivity contribution in [2.75, 3.05) is 26.2 Å². The molecule has 1 heterocycles. The Balaban J connectivity index is 1.57. The molecule has 1 aliphatic rings. The fourth-order valence-electron chi connectivity index (χ4n) is 3.23. The largest absolute Gasteiger partial charge is 0.436 e. The highest BCUT2D eigenvalue weighted by Crippen LogP contribution is 2.25. The molecule has 0 aromatic heterocycles. The summed E-state index contributed by atoms with van der Waals surface area (Å²) in [5, 5.41) is 2.90. The van der Waals surface area contributed by atoms with Gasteiger partial charge in [-0.1, -0.05) is 67.1 Å². The Hall–Kier alpha value is -2.33. The molecule has 0 atom stereocenters. The number of nitrogens with zero attached hydrogens (tertiary/aromatic N) is 1. The van der Waals surface area contributed by atoms with E-state index in [1.807, 2.05) is 60.7 Å². The third-order valence-electron chi connectivity index (χ3n) is 4.58. The van der Waals surface area contributed by atoms with Gasteiger partial charge in [0.25, 0.3) is 0 Å². The van der Waals surface area contributed by atoms with Crippen molar-refractivity contribution in [3.63, 3.8) is 0 Å². The standard InChI is InChI=1S/C21H26N2O2/c24-21(22-14-17-23-15-8-3-9-16-23)25-20(18-10-4-1-5-11-18)19-12-6-2-7-13-19/h1-2,4-7,10-13,20H,3,8-9,14-17H2,(H,22,24). The summed E-state index contributed by atoms with van der Waals surface area (Å²) in [5.74, 6) is 0. The minimum absolute atomic E-state index is 0.366. The van der Waals surface area contributed by atoms with Crippen LogP contribution in [0.25, 0.3) is 0 Å². The van der Waals surface area contributed by atoms with Crippen molar-refractivity contribution in [3.05, 3.63) is 71.8 Å². The SMILES string of the molecule is O=C(NCCN1CCCCC1)OC(c1ccccc1)c1ccccc1. The van der Waals surface area contributed by atoms with E-state index in [1.165, 1.54) is 19.3 Å². The molecule has 3 rings (SSSR count). The number of carbonyl (C=O) groups is 1. The van der Waals surface area contributed by atoms with E-state index in [2.05, 4.69) is 10.2 Å². The second-order valence-electron chi connectivity index (χ2n) is 6.44. The molecule has 0 spiro atoms. The second kappa shape index (κ2) is 9.23. The normalized spacial score (nSPS) is 15.1. The molecule has 1 fully saturated rings. The van der Waals surface area contributed by atoms with Crippen LogP contribution in [0.1, 0.15) is 36.5 Å². The summed E-state index contributed by atoms with van der Waals surface area (Å²) in [5.41, 5.74) is 1.94. The van der Waals surface area contributed by atoms with Gasteiger partial charge in [-0.3, -0.25) is 0 Å². The highest BCUT2D eigenvalue weighted by Gasteiger charge is 2.19. The number of amides is 1. The quantitative estimate of drug-likeness (QED) is 0.866. The summed E-state index contributed by atoms with van der Waals surface area (Å²) >= 11 is 0. The first-order valence-corrected chi connectivity index (χ1v) is 9.09. The molecular weight excluding hydrogens is 312 g/mol. The van der Waals surface area contributed by atoms with Crippen LogP contribution in [-0.2, 0) is 4.74 Å². The van der Waals surface area contributed by atoms with Crippen molar-refractivity contribution in [2.24, 2.45) is 0 Å². The molecule has 0 unspecified atom stereocenters. The molecule has 25 heavy (non-hydrogen) atoms. The molecule has 1 N–H and O–H groups in total. The lowest BCUT2D eigenvalue weighted by Gasteiger charge is -2.26. The first-order chi connectivity index (χ1) is 12.3. The van der Waals surface area contributed by atoms with Crippen LogP contribution in [0.3, 0.4) is 0 Å². The lowest BCUT2D eigenvalue weighted by Crippen LogP contribution is -2.38. The van der Waals surface area contributed by atoms with Gasteiger partial charge in [0.1, 0.15) is 0 Å². The van der Waals surface area contributed by atoms with Gasteiger partial charge >= 0.3 is 6.09 Å². The number of hydrogen-bond donors (Lipinski definition) is 1. The minimum atomic E-state index is -0.391. The van der Waals surface area contributed by atoms with E-state index in [0.717, 1.165) is 30.8 Å². The van der Waals surface area contributed by atoms with Gasteiger partial charge in [0, 0.05) is 13.1 Å². The summed E-state index contributed by atoms with van der Waals surface area (Å²) in [7, 11) is 0. The average Bonchev–Trinajstić information content (AvgIpc) is 2.68. The van der Waals surface area contributed by atoms with Crippen LogP contribution in [0.2, 0.25) is 0 Å². The molecule has 0 bridgehead atoms. The van der Waals surface area contributed by atoms with Gasteiger partial charge in [-0.2, -0.15) is 0 Å². The Bertz CT molecular complexity index is 600. The van der Waals surface area contributed by atoms with E-state index in [4.69, 9.17) is 4.74 Å². The summed E-state index contributed by atoms with van der Waals surface area (Å²) in [6.07, 6.45) is 3.08. The predicted octanol–water partition coefficient (Wildman–Crippen LogP) is 3.99. The summed E-state index contributed by atoms with van der Waals surface area (Å²) in [6.45, 7) is 3.77. The van der Waals surface area contributed by atoms with Crippen molar-refractivity contribution in [2.45, 2.75) is 25.4 Å². The first-order valence-electron chi connectivity index (χ1n) is 9.09. The van der Waals surface area contributed by atoms with Gasteiger partial charge in [-0.15, -0.1) is 0 Å². The Morgan fingerprint density at radius 3 is 2.04 bits per heavy atom. The van der Waals surface area contributed by atoms with Crippen LogP contribution in [-0.4, -0.2) is 37.2 Å². The maximum absolute atomic E-state index is 12.3. The molecule has 1 amide bonds. The zero-order chi connectivity index (χ0) is 17.3. The van der Waals surface area contributed by atoms with Crippen molar-refractivity contribution < 1.29 is 9.53 Å². The maximum Gasteiger partial charge on any atom is 0.408 e. The van der Waals surface area contributed by atoms with Gasteiger partial charge in [0.05, 0.1) is 0 Å². The van der Waals surface area contributed by atoms with Crippen LogP contribution < -0.4 is 5.32 Å². The van der Waals surface area contributed by atoms with Crippen molar-refractivity contribution in [1.29, 1.82) is 0 Å². The molecule has 1 aliphatic heterocycles. The molecule has 2 aromatic rings. The monoisotopic (exact) mass is 338 g/mol. The second-order valence-corrected chi connectivity index (χ2v) is 6.44.